The molecule has 1 N–H and O–H groups in total. The van der Waals surface area contributed by atoms with Gasteiger partial charge in [0.25, 0.3) is 0 Å². The maximum Gasteiger partial charge on any atom is 0.329 e. The first-order valence-electron chi connectivity index (χ1n) is 11.4. The van der Waals surface area contributed by atoms with Crippen LogP contribution >= 0.6 is 0 Å². The van der Waals surface area contributed by atoms with E-state index in [4.69, 9.17) is 19.0 Å². The molecule has 1 aliphatic rings. The van der Waals surface area contributed by atoms with Crippen LogP contribution in [-0.4, -0.2) is 38.0 Å². The summed E-state index contributed by atoms with van der Waals surface area (Å²) in [5.41, 5.74) is 6.34. The molecule has 0 amide bonds. The zero-order chi connectivity index (χ0) is 24.2. The van der Waals surface area contributed by atoms with Crippen LogP contribution in [0.2, 0.25) is 0 Å². The molecule has 180 valence electrons. The van der Waals surface area contributed by atoms with Gasteiger partial charge in [-0.25, -0.2) is 4.79 Å². The Labute approximate surface area is 192 Å². The number of ether oxygens (including phenoxy) is 3. The van der Waals surface area contributed by atoms with Crippen LogP contribution in [0.25, 0.3) is 0 Å². The van der Waals surface area contributed by atoms with E-state index in [-0.39, 0.29) is 18.9 Å². The topological polar surface area (TPSA) is 83.1 Å². The van der Waals surface area contributed by atoms with Crippen molar-refractivity contribution in [3.8, 4) is 0 Å². The van der Waals surface area contributed by atoms with Gasteiger partial charge in [-0.15, -0.1) is 0 Å². The molecule has 0 unspecified atom stereocenters. The molecular formula is C25H39NO6. The van der Waals surface area contributed by atoms with Gasteiger partial charge in [0.2, 0.25) is 0 Å². The number of hydroxylamine groups is 1. The van der Waals surface area contributed by atoms with E-state index in [1.165, 1.54) is 30.9 Å². The van der Waals surface area contributed by atoms with Crippen LogP contribution in [0.5, 0.6) is 0 Å². The van der Waals surface area contributed by atoms with Gasteiger partial charge in [0.05, 0.1) is 26.7 Å². The summed E-state index contributed by atoms with van der Waals surface area (Å²) in [4.78, 5) is 30.0. The first kappa shape index (κ1) is 26.3. The minimum atomic E-state index is -1.34. The van der Waals surface area contributed by atoms with Gasteiger partial charge in [-0.2, -0.15) is 5.48 Å². The van der Waals surface area contributed by atoms with Gasteiger partial charge in [-0.1, -0.05) is 53.7 Å². The smallest absolute Gasteiger partial charge is 0.329 e. The number of hydrogen-bond donors (Lipinski definition) is 1. The zero-order valence-corrected chi connectivity index (χ0v) is 20.9. The predicted molar refractivity (Wildman–Crippen MR) is 122 cm³/mol. The lowest BCUT2D eigenvalue weighted by Crippen LogP contribution is -2.49. The van der Waals surface area contributed by atoms with E-state index in [1.54, 1.807) is 0 Å². The molecule has 1 aliphatic heterocycles. The van der Waals surface area contributed by atoms with Gasteiger partial charge in [-0.05, 0) is 46.9 Å². The third-order valence-corrected chi connectivity index (χ3v) is 6.09. The van der Waals surface area contributed by atoms with Crippen LogP contribution in [0.1, 0.15) is 107 Å². The summed E-state index contributed by atoms with van der Waals surface area (Å²) in [6, 6.07) is 4.56. The fraction of sp³-hybridized carbons (Fsp3) is 0.680. The molecule has 1 fully saturated rings. The van der Waals surface area contributed by atoms with Gasteiger partial charge in [0, 0.05) is 6.42 Å². The number of carbonyl (C=O) groups is 2. The number of benzene rings is 1. The molecule has 32 heavy (non-hydrogen) atoms. The van der Waals surface area contributed by atoms with Gasteiger partial charge >= 0.3 is 11.9 Å². The van der Waals surface area contributed by atoms with Gasteiger partial charge in [0.1, 0.15) is 0 Å². The highest BCUT2D eigenvalue weighted by Gasteiger charge is 2.50. The lowest BCUT2D eigenvalue weighted by Gasteiger charge is -2.28. The van der Waals surface area contributed by atoms with Crippen molar-refractivity contribution in [2.45, 2.75) is 97.0 Å². The molecule has 0 aromatic heterocycles. The summed E-state index contributed by atoms with van der Waals surface area (Å²) in [6.45, 7) is 15.2. The quantitative estimate of drug-likeness (QED) is 0.539. The maximum atomic E-state index is 12.4. The zero-order valence-electron chi connectivity index (χ0n) is 20.9. The van der Waals surface area contributed by atoms with E-state index in [2.05, 4.69) is 59.2 Å². The SMILES string of the molecule is COC(=O)C[C@]1(C(=O)OC)C[C@H](O[C@@H](C)c2c(C(C)C)cc(C(C)C)cc2C(C)C)ON1. The van der Waals surface area contributed by atoms with Gasteiger partial charge < -0.3 is 14.2 Å². The Hall–Kier alpha value is -1.96. The van der Waals surface area contributed by atoms with Crippen LogP contribution < -0.4 is 5.48 Å². The number of hydrogen-bond acceptors (Lipinski definition) is 7. The molecule has 0 spiro atoms. The third-order valence-electron chi connectivity index (χ3n) is 6.09. The van der Waals surface area contributed by atoms with Crippen LogP contribution in [0.4, 0.5) is 0 Å². The van der Waals surface area contributed by atoms with E-state index < -0.39 is 23.8 Å². The third kappa shape index (κ3) is 5.69. The molecule has 1 aromatic rings. The normalized spacial score (nSPS) is 21.9. The minimum absolute atomic E-state index is 0.136. The Bertz CT molecular complexity index is 790. The summed E-state index contributed by atoms with van der Waals surface area (Å²) >= 11 is 0. The van der Waals surface area contributed by atoms with E-state index in [9.17, 15) is 9.59 Å². The molecule has 7 nitrogen and oxygen atoms in total. The Morgan fingerprint density at radius 1 is 1.00 bits per heavy atom. The molecule has 0 aliphatic carbocycles. The molecule has 0 saturated carbocycles. The fourth-order valence-corrected chi connectivity index (χ4v) is 4.22. The fourth-order valence-electron chi connectivity index (χ4n) is 4.22. The molecule has 2 rings (SSSR count). The average Bonchev–Trinajstić information content (AvgIpc) is 3.14. The Morgan fingerprint density at radius 3 is 2.00 bits per heavy atom. The summed E-state index contributed by atoms with van der Waals surface area (Å²) in [6.07, 6.45) is -1.07. The van der Waals surface area contributed by atoms with Crippen molar-refractivity contribution in [2.75, 3.05) is 14.2 Å². The van der Waals surface area contributed by atoms with E-state index >= 15 is 0 Å². The van der Waals surface area contributed by atoms with Crippen molar-refractivity contribution < 1.29 is 28.6 Å². The van der Waals surface area contributed by atoms with Crippen molar-refractivity contribution >= 4 is 11.9 Å². The summed E-state index contributed by atoms with van der Waals surface area (Å²) < 4.78 is 16.0. The number of esters is 2. The van der Waals surface area contributed by atoms with Crippen LogP contribution in [-0.2, 0) is 28.6 Å². The summed E-state index contributed by atoms with van der Waals surface area (Å²) in [5, 5.41) is 0. The second-order valence-corrected chi connectivity index (χ2v) is 9.54. The second-order valence-electron chi connectivity index (χ2n) is 9.54. The number of nitrogens with one attached hydrogen (secondary N) is 1. The van der Waals surface area contributed by atoms with Crippen LogP contribution in [0.3, 0.4) is 0 Å². The lowest BCUT2D eigenvalue weighted by atomic mass is 9.82. The van der Waals surface area contributed by atoms with Crippen molar-refractivity contribution in [1.82, 2.24) is 5.48 Å². The highest BCUT2D eigenvalue weighted by molar-refractivity contribution is 5.87. The monoisotopic (exact) mass is 449 g/mol. The number of rotatable bonds is 9. The van der Waals surface area contributed by atoms with Crippen molar-refractivity contribution in [2.24, 2.45) is 0 Å². The molecule has 1 aromatic carbocycles. The molecule has 0 radical (unpaired) electrons. The first-order chi connectivity index (χ1) is 15.0. The van der Waals surface area contributed by atoms with E-state index in [0.29, 0.717) is 17.8 Å². The Balaban J connectivity index is 2.35. The molecule has 1 saturated heterocycles. The lowest BCUT2D eigenvalue weighted by molar-refractivity contribution is -0.172. The largest absolute Gasteiger partial charge is 0.469 e. The first-order valence-corrected chi connectivity index (χ1v) is 11.4. The van der Waals surface area contributed by atoms with E-state index in [1.807, 2.05) is 6.92 Å². The Morgan fingerprint density at radius 2 is 1.56 bits per heavy atom. The van der Waals surface area contributed by atoms with Gasteiger partial charge in [0.15, 0.2) is 11.8 Å². The minimum Gasteiger partial charge on any atom is -0.469 e. The number of carbonyl (C=O) groups excluding carboxylic acids is 2. The molecular weight excluding hydrogens is 410 g/mol. The molecule has 7 heteroatoms. The number of methoxy groups -OCH3 is 2. The molecule has 3 atom stereocenters. The highest BCUT2D eigenvalue weighted by atomic mass is 16.8. The van der Waals surface area contributed by atoms with Crippen LogP contribution in [0.15, 0.2) is 12.1 Å². The molecule has 0 bridgehead atoms. The average molecular weight is 450 g/mol. The second kappa shape index (κ2) is 10.8. The van der Waals surface area contributed by atoms with Crippen LogP contribution in [0, 0.1) is 0 Å². The van der Waals surface area contributed by atoms with Gasteiger partial charge in [-0.3, -0.25) is 9.63 Å². The Kier molecular flexibility index (Phi) is 8.85. The summed E-state index contributed by atoms with van der Waals surface area (Å²) in [5.74, 6) is -0.0503. The van der Waals surface area contributed by atoms with E-state index in [0.717, 1.165) is 5.56 Å². The van der Waals surface area contributed by atoms with Crippen molar-refractivity contribution in [1.29, 1.82) is 0 Å². The predicted octanol–water partition coefficient (Wildman–Crippen LogP) is 4.86. The van der Waals surface area contributed by atoms with Crippen molar-refractivity contribution in [3.63, 3.8) is 0 Å². The standard InChI is InChI=1S/C25H39NO6/c1-14(2)18-10-19(15(3)4)23(20(11-18)16(5)6)17(7)31-22-13-25(26-32-22,24(28)30-9)12-21(27)29-8/h10-11,14-17,22,26H,12-13H2,1-9H3/t17-,22+,25+/m0/s1. The van der Waals surface area contributed by atoms with Crippen molar-refractivity contribution in [3.05, 3.63) is 34.4 Å². The highest BCUT2D eigenvalue weighted by Crippen LogP contribution is 2.39. The maximum absolute atomic E-state index is 12.4. The summed E-state index contributed by atoms with van der Waals surface area (Å²) in [7, 11) is 2.56. The molecule has 1 heterocycles.